The van der Waals surface area contributed by atoms with Crippen LogP contribution >= 0.6 is 0 Å². The van der Waals surface area contributed by atoms with Crippen molar-refractivity contribution in [3.8, 4) is 0 Å². The van der Waals surface area contributed by atoms with Crippen LogP contribution in [0.3, 0.4) is 0 Å². The first kappa shape index (κ1) is 22.5. The maximum atomic E-state index is 12.5. The molecule has 32 heavy (non-hydrogen) atoms. The molecule has 0 radical (unpaired) electrons. The second-order valence-electron chi connectivity index (χ2n) is 9.71. The van der Waals surface area contributed by atoms with Gasteiger partial charge in [-0.15, -0.1) is 0 Å². The summed E-state index contributed by atoms with van der Waals surface area (Å²) in [6.07, 6.45) is 5.43. The van der Waals surface area contributed by atoms with Gasteiger partial charge in [0.15, 0.2) is 0 Å². The van der Waals surface area contributed by atoms with Crippen LogP contribution in [0.25, 0.3) is 0 Å². The van der Waals surface area contributed by atoms with Gasteiger partial charge >= 0.3 is 0 Å². The molecule has 1 aromatic carbocycles. The summed E-state index contributed by atoms with van der Waals surface area (Å²) in [5.74, 6) is 2.60. The molecule has 2 unspecified atom stereocenters. The van der Waals surface area contributed by atoms with Crippen LogP contribution in [0.15, 0.2) is 41.5 Å². The Kier molecular flexibility index (Phi) is 6.62. The third kappa shape index (κ3) is 5.55. The summed E-state index contributed by atoms with van der Waals surface area (Å²) in [4.78, 5) is 34.4. The van der Waals surface area contributed by atoms with Crippen LogP contribution in [0.1, 0.15) is 25.8 Å². The van der Waals surface area contributed by atoms with Crippen molar-refractivity contribution in [2.75, 3.05) is 39.3 Å². The molecule has 2 atom stereocenters. The van der Waals surface area contributed by atoms with Gasteiger partial charge in [-0.1, -0.05) is 12.1 Å². The number of hydrogen-bond donors (Lipinski definition) is 2. The molecule has 4 rings (SSSR count). The number of nitrogens with zero attached hydrogens (tertiary/aromatic N) is 4. The van der Waals surface area contributed by atoms with Crippen LogP contribution in [0.5, 0.6) is 0 Å². The van der Waals surface area contributed by atoms with E-state index in [1.165, 1.54) is 25.1 Å². The van der Waals surface area contributed by atoms with E-state index in [0.29, 0.717) is 32.6 Å². The van der Waals surface area contributed by atoms with Crippen LogP contribution in [-0.2, 0) is 16.1 Å². The minimum absolute atomic E-state index is 0.0419. The molecule has 3 N–H and O–H groups in total. The van der Waals surface area contributed by atoms with E-state index in [1.807, 2.05) is 12.1 Å². The molecule has 0 bridgehead atoms. The number of nitrogens with two attached hydrogens (primary N) is 1. The summed E-state index contributed by atoms with van der Waals surface area (Å²) < 4.78 is 0. The number of likely N-dealkylation sites (tertiary alicyclic amines) is 1. The van der Waals surface area contributed by atoms with Gasteiger partial charge in [-0.3, -0.25) is 14.5 Å². The van der Waals surface area contributed by atoms with E-state index in [-0.39, 0.29) is 5.91 Å². The summed E-state index contributed by atoms with van der Waals surface area (Å²) in [6.45, 7) is 9.42. The fourth-order valence-electron chi connectivity index (χ4n) is 4.61. The van der Waals surface area contributed by atoms with Gasteiger partial charge in [0.05, 0.1) is 11.2 Å². The summed E-state index contributed by atoms with van der Waals surface area (Å²) in [5.41, 5.74) is 7.28. The number of amides is 2. The maximum Gasteiger partial charge on any atom is 0.242 e. The zero-order valence-electron chi connectivity index (χ0n) is 19.0. The molecule has 8 nitrogen and oxygen atoms in total. The molecular formula is C24H34N6O2. The lowest BCUT2D eigenvalue weighted by Gasteiger charge is -2.38. The molecule has 0 spiro atoms. The van der Waals surface area contributed by atoms with E-state index in [2.05, 4.69) is 27.2 Å². The number of amidine groups is 1. The standard InChI is InChI=1S/C24H34N6O2/c1-24(2,25)23(32)30-11-9-29(10-12-30)22(7-8-26-17-31)27-21-5-3-18(4-6-21)14-28-15-19-13-20(19)16-28/h3-8,17,19-20H,9-16,25H2,1-2H3,(H,26,31)/b8-7-,27-22?. The Morgan fingerprint density at radius 1 is 1.12 bits per heavy atom. The Bertz CT molecular complexity index is 871. The van der Waals surface area contributed by atoms with Gasteiger partial charge in [-0.05, 0) is 55.9 Å². The lowest BCUT2D eigenvalue weighted by molar-refractivity contribution is -0.137. The SMILES string of the molecule is CC(C)(N)C(=O)N1CCN(C(/C=C\NC=O)=Nc2ccc(CN3CC4CC4C3)cc2)CC1. The Hall–Kier alpha value is -2.71. The highest BCUT2D eigenvalue weighted by atomic mass is 16.2. The topological polar surface area (TPSA) is 94.3 Å². The first-order valence-electron chi connectivity index (χ1n) is 11.4. The minimum Gasteiger partial charge on any atom is -0.353 e. The highest BCUT2D eigenvalue weighted by Crippen LogP contribution is 2.45. The predicted octanol–water partition coefficient (Wildman–Crippen LogP) is 1.31. The molecule has 3 aliphatic rings. The summed E-state index contributed by atoms with van der Waals surface area (Å²) in [5, 5.41) is 2.55. The van der Waals surface area contributed by atoms with Crippen molar-refractivity contribution < 1.29 is 9.59 Å². The van der Waals surface area contributed by atoms with Crippen molar-refractivity contribution in [1.82, 2.24) is 20.0 Å². The van der Waals surface area contributed by atoms with Crippen molar-refractivity contribution in [3.63, 3.8) is 0 Å². The lowest BCUT2D eigenvalue weighted by atomic mass is 10.0. The molecule has 8 heteroatoms. The van der Waals surface area contributed by atoms with Crippen LogP contribution in [0.4, 0.5) is 5.69 Å². The van der Waals surface area contributed by atoms with Gasteiger partial charge in [0.2, 0.25) is 12.3 Å². The zero-order valence-corrected chi connectivity index (χ0v) is 19.0. The average Bonchev–Trinajstić information content (AvgIpc) is 3.39. The molecule has 1 saturated carbocycles. The van der Waals surface area contributed by atoms with E-state index in [4.69, 9.17) is 10.7 Å². The highest BCUT2D eigenvalue weighted by molar-refractivity contribution is 5.95. The van der Waals surface area contributed by atoms with E-state index in [0.717, 1.165) is 29.9 Å². The van der Waals surface area contributed by atoms with Crippen molar-refractivity contribution >= 4 is 23.8 Å². The molecule has 2 saturated heterocycles. The van der Waals surface area contributed by atoms with E-state index in [1.54, 1.807) is 31.0 Å². The van der Waals surface area contributed by atoms with Gasteiger partial charge < -0.3 is 20.9 Å². The molecule has 0 aromatic heterocycles. The third-order valence-corrected chi connectivity index (χ3v) is 6.48. The van der Waals surface area contributed by atoms with Crippen LogP contribution in [0.2, 0.25) is 0 Å². The quantitative estimate of drug-likeness (QED) is 0.380. The Morgan fingerprint density at radius 2 is 1.75 bits per heavy atom. The van der Waals surface area contributed by atoms with Gasteiger partial charge in [-0.25, -0.2) is 4.99 Å². The van der Waals surface area contributed by atoms with Crippen LogP contribution in [0, 0.1) is 11.8 Å². The Morgan fingerprint density at radius 3 is 2.34 bits per heavy atom. The summed E-state index contributed by atoms with van der Waals surface area (Å²) in [6, 6.07) is 8.38. The second-order valence-corrected chi connectivity index (χ2v) is 9.71. The maximum absolute atomic E-state index is 12.5. The van der Waals surface area contributed by atoms with Crippen LogP contribution in [-0.4, -0.2) is 77.7 Å². The van der Waals surface area contributed by atoms with Crippen molar-refractivity contribution in [2.24, 2.45) is 22.6 Å². The summed E-state index contributed by atoms with van der Waals surface area (Å²) in [7, 11) is 0. The number of fused-ring (bicyclic) bond motifs is 1. The fourth-order valence-corrected chi connectivity index (χ4v) is 4.61. The van der Waals surface area contributed by atoms with Gasteiger partial charge in [-0.2, -0.15) is 0 Å². The fraction of sp³-hybridized carbons (Fsp3) is 0.542. The summed E-state index contributed by atoms with van der Waals surface area (Å²) >= 11 is 0. The first-order valence-corrected chi connectivity index (χ1v) is 11.4. The number of hydrogen-bond acceptors (Lipinski definition) is 5. The lowest BCUT2D eigenvalue weighted by Crippen LogP contribution is -2.57. The van der Waals surface area contributed by atoms with Crippen molar-refractivity contribution in [3.05, 3.63) is 42.1 Å². The molecular weight excluding hydrogens is 404 g/mol. The third-order valence-electron chi connectivity index (χ3n) is 6.48. The predicted molar refractivity (Wildman–Crippen MR) is 125 cm³/mol. The Labute approximate surface area is 190 Å². The van der Waals surface area contributed by atoms with E-state index < -0.39 is 5.54 Å². The smallest absolute Gasteiger partial charge is 0.242 e. The number of piperazine rings is 1. The van der Waals surface area contributed by atoms with Crippen molar-refractivity contribution in [1.29, 1.82) is 0 Å². The number of nitrogens with one attached hydrogen (secondary N) is 1. The van der Waals surface area contributed by atoms with E-state index >= 15 is 0 Å². The van der Waals surface area contributed by atoms with Gasteiger partial charge in [0.1, 0.15) is 5.84 Å². The molecule has 1 aromatic rings. The zero-order chi connectivity index (χ0) is 22.7. The van der Waals surface area contributed by atoms with Crippen molar-refractivity contribution in [2.45, 2.75) is 32.4 Å². The normalized spacial score (nSPS) is 24.0. The van der Waals surface area contributed by atoms with E-state index in [9.17, 15) is 9.59 Å². The first-order chi connectivity index (χ1) is 15.3. The number of carbonyl (C=O) groups excluding carboxylic acids is 2. The largest absolute Gasteiger partial charge is 0.353 e. The molecule has 2 heterocycles. The molecule has 1 aliphatic carbocycles. The monoisotopic (exact) mass is 438 g/mol. The minimum atomic E-state index is -0.871. The average molecular weight is 439 g/mol. The molecule has 2 aliphatic heterocycles. The second kappa shape index (κ2) is 9.42. The molecule has 2 amide bonds. The number of rotatable bonds is 7. The number of carbonyl (C=O) groups is 2. The number of benzene rings is 1. The van der Waals surface area contributed by atoms with Gasteiger partial charge in [0.25, 0.3) is 0 Å². The van der Waals surface area contributed by atoms with Crippen LogP contribution < -0.4 is 11.1 Å². The number of aliphatic imine (C=N–C) groups is 1. The van der Waals surface area contributed by atoms with Gasteiger partial charge in [0, 0.05) is 52.0 Å². The molecule has 3 fully saturated rings. The Balaban J connectivity index is 1.40. The molecule has 172 valence electrons. The number of piperidine rings is 1. The highest BCUT2D eigenvalue weighted by Gasteiger charge is 2.44.